The molecule has 0 radical (unpaired) electrons. The average molecular weight is 417 g/mol. The Hall–Kier alpha value is -3.75. The molecule has 3 aromatic rings. The van der Waals surface area contributed by atoms with Crippen LogP contribution < -0.4 is 14.8 Å². The third kappa shape index (κ3) is 4.80. The summed E-state index contributed by atoms with van der Waals surface area (Å²) in [4.78, 5) is 12.4. The summed E-state index contributed by atoms with van der Waals surface area (Å²) >= 11 is 0. The van der Waals surface area contributed by atoms with Gasteiger partial charge >= 0.3 is 6.18 Å². The molecule has 1 amide bonds. The standard InChI is InChI=1S/C21H18F3N3O3/c1-29-18-8-4-14(12-19(18)30-2)5-9-20(28)26-16-13-15(21(22,23)24)6-7-17(16)27-11-3-10-25-27/h3-13H,1-2H3,(H,26,28)/b9-5+. The monoisotopic (exact) mass is 417 g/mol. The fraction of sp³-hybridized carbons (Fsp3) is 0.143. The number of ether oxygens (including phenoxy) is 2. The zero-order chi connectivity index (χ0) is 21.7. The van der Waals surface area contributed by atoms with Crippen LogP contribution in [-0.4, -0.2) is 29.9 Å². The molecular formula is C21H18F3N3O3. The van der Waals surface area contributed by atoms with Gasteiger partial charge in [-0.25, -0.2) is 4.68 Å². The van der Waals surface area contributed by atoms with Gasteiger partial charge in [-0.05, 0) is 48.0 Å². The molecule has 0 saturated heterocycles. The number of amides is 1. The maximum absolute atomic E-state index is 13.1. The second kappa shape index (κ2) is 8.73. The summed E-state index contributed by atoms with van der Waals surface area (Å²) in [6, 6.07) is 9.75. The highest BCUT2D eigenvalue weighted by atomic mass is 19.4. The zero-order valence-corrected chi connectivity index (χ0v) is 16.1. The van der Waals surface area contributed by atoms with Crippen LogP contribution >= 0.6 is 0 Å². The summed E-state index contributed by atoms with van der Waals surface area (Å²) in [6.07, 6.45) is 1.24. The number of benzene rings is 2. The molecule has 0 aliphatic heterocycles. The van der Waals surface area contributed by atoms with Gasteiger partial charge in [-0.3, -0.25) is 4.79 Å². The molecule has 9 heteroatoms. The number of methoxy groups -OCH3 is 2. The van der Waals surface area contributed by atoms with Crippen LogP contribution in [0.1, 0.15) is 11.1 Å². The lowest BCUT2D eigenvalue weighted by atomic mass is 10.1. The Morgan fingerprint density at radius 3 is 2.50 bits per heavy atom. The highest BCUT2D eigenvalue weighted by molar-refractivity contribution is 6.03. The lowest BCUT2D eigenvalue weighted by Gasteiger charge is -2.14. The van der Waals surface area contributed by atoms with Crippen molar-refractivity contribution >= 4 is 17.7 Å². The number of halogens is 3. The number of rotatable bonds is 6. The molecule has 0 spiro atoms. The van der Waals surface area contributed by atoms with E-state index in [1.54, 1.807) is 30.5 Å². The number of carbonyl (C=O) groups is 1. The van der Waals surface area contributed by atoms with Crippen molar-refractivity contribution in [2.45, 2.75) is 6.18 Å². The van der Waals surface area contributed by atoms with E-state index in [-0.39, 0.29) is 5.69 Å². The molecule has 0 aliphatic carbocycles. The minimum atomic E-state index is -4.54. The number of nitrogens with zero attached hydrogens (tertiary/aromatic N) is 2. The van der Waals surface area contributed by atoms with E-state index in [1.807, 2.05) is 0 Å². The second-order valence-corrected chi connectivity index (χ2v) is 6.12. The molecule has 0 unspecified atom stereocenters. The van der Waals surface area contributed by atoms with Crippen molar-refractivity contribution in [2.75, 3.05) is 19.5 Å². The largest absolute Gasteiger partial charge is 0.493 e. The van der Waals surface area contributed by atoms with E-state index in [0.29, 0.717) is 22.7 Å². The third-order valence-electron chi connectivity index (χ3n) is 4.17. The summed E-state index contributed by atoms with van der Waals surface area (Å²) < 4.78 is 51.1. The van der Waals surface area contributed by atoms with E-state index in [1.165, 1.54) is 43.3 Å². The van der Waals surface area contributed by atoms with Crippen molar-refractivity contribution in [2.24, 2.45) is 0 Å². The quantitative estimate of drug-likeness (QED) is 0.597. The van der Waals surface area contributed by atoms with Gasteiger partial charge < -0.3 is 14.8 Å². The molecule has 0 fully saturated rings. The Kier molecular flexibility index (Phi) is 6.10. The van der Waals surface area contributed by atoms with Gasteiger partial charge in [0, 0.05) is 18.5 Å². The molecule has 0 atom stereocenters. The van der Waals surface area contributed by atoms with Gasteiger partial charge in [0.1, 0.15) is 0 Å². The van der Waals surface area contributed by atoms with Crippen LogP contribution in [0.2, 0.25) is 0 Å². The predicted molar refractivity (Wildman–Crippen MR) is 106 cm³/mol. The van der Waals surface area contributed by atoms with Gasteiger partial charge in [-0.1, -0.05) is 6.07 Å². The number of hydrogen-bond acceptors (Lipinski definition) is 4. The first-order valence-corrected chi connectivity index (χ1v) is 8.74. The first-order valence-electron chi connectivity index (χ1n) is 8.74. The number of aromatic nitrogens is 2. The summed E-state index contributed by atoms with van der Waals surface area (Å²) in [6.45, 7) is 0. The van der Waals surface area contributed by atoms with Gasteiger partial charge in [-0.15, -0.1) is 0 Å². The smallest absolute Gasteiger partial charge is 0.416 e. The lowest BCUT2D eigenvalue weighted by Crippen LogP contribution is -2.13. The summed E-state index contributed by atoms with van der Waals surface area (Å²) in [5, 5.41) is 6.51. The molecule has 156 valence electrons. The van der Waals surface area contributed by atoms with Gasteiger partial charge in [0.15, 0.2) is 11.5 Å². The van der Waals surface area contributed by atoms with Gasteiger partial charge in [0.2, 0.25) is 5.91 Å². The topological polar surface area (TPSA) is 65.4 Å². The molecule has 0 bridgehead atoms. The van der Waals surface area contributed by atoms with Crippen LogP contribution in [0.3, 0.4) is 0 Å². The third-order valence-corrected chi connectivity index (χ3v) is 4.17. The SMILES string of the molecule is COc1ccc(/C=C/C(=O)Nc2cc(C(F)(F)F)ccc2-n2cccn2)cc1OC. The Bertz CT molecular complexity index is 1060. The van der Waals surface area contributed by atoms with Crippen LogP contribution in [0.5, 0.6) is 11.5 Å². The van der Waals surface area contributed by atoms with Crippen LogP contribution in [0.15, 0.2) is 60.9 Å². The fourth-order valence-electron chi connectivity index (χ4n) is 2.73. The Morgan fingerprint density at radius 2 is 1.87 bits per heavy atom. The van der Waals surface area contributed by atoms with E-state index >= 15 is 0 Å². The Morgan fingerprint density at radius 1 is 1.10 bits per heavy atom. The molecule has 30 heavy (non-hydrogen) atoms. The Balaban J connectivity index is 1.86. The van der Waals surface area contributed by atoms with E-state index < -0.39 is 17.6 Å². The molecule has 0 saturated carbocycles. The predicted octanol–water partition coefficient (Wildman–Crippen LogP) is 4.56. The maximum atomic E-state index is 13.1. The van der Waals surface area contributed by atoms with Gasteiger partial charge in [0.25, 0.3) is 0 Å². The van der Waals surface area contributed by atoms with Gasteiger partial charge in [0.05, 0.1) is 31.2 Å². The molecular weight excluding hydrogens is 399 g/mol. The van der Waals surface area contributed by atoms with Crippen LogP contribution in [0.4, 0.5) is 18.9 Å². The normalized spacial score (nSPS) is 11.5. The first kappa shape index (κ1) is 21.0. The fourth-order valence-corrected chi connectivity index (χ4v) is 2.73. The highest BCUT2D eigenvalue weighted by Gasteiger charge is 2.31. The minimum absolute atomic E-state index is 0.0181. The molecule has 0 aliphatic rings. The van der Waals surface area contributed by atoms with Crippen molar-refractivity contribution < 1.29 is 27.4 Å². The molecule has 1 heterocycles. The van der Waals surface area contributed by atoms with E-state index in [4.69, 9.17) is 9.47 Å². The average Bonchev–Trinajstić information content (AvgIpc) is 3.26. The van der Waals surface area contributed by atoms with E-state index in [2.05, 4.69) is 10.4 Å². The number of anilines is 1. The molecule has 2 aromatic carbocycles. The van der Waals surface area contributed by atoms with E-state index in [9.17, 15) is 18.0 Å². The summed E-state index contributed by atoms with van der Waals surface area (Å²) in [5.41, 5.74) is 0.0630. The number of carbonyl (C=O) groups excluding carboxylic acids is 1. The second-order valence-electron chi connectivity index (χ2n) is 6.12. The maximum Gasteiger partial charge on any atom is 0.416 e. The molecule has 1 N–H and O–H groups in total. The van der Waals surface area contributed by atoms with Gasteiger partial charge in [-0.2, -0.15) is 18.3 Å². The van der Waals surface area contributed by atoms with Crippen molar-refractivity contribution in [3.05, 3.63) is 72.1 Å². The molecule has 1 aromatic heterocycles. The van der Waals surface area contributed by atoms with Crippen LogP contribution in [-0.2, 0) is 11.0 Å². The Labute approximate surface area is 170 Å². The summed E-state index contributed by atoms with van der Waals surface area (Å²) in [7, 11) is 3.00. The lowest BCUT2D eigenvalue weighted by molar-refractivity contribution is -0.137. The van der Waals surface area contributed by atoms with Crippen LogP contribution in [0.25, 0.3) is 11.8 Å². The molecule has 3 rings (SSSR count). The molecule has 6 nitrogen and oxygen atoms in total. The first-order chi connectivity index (χ1) is 14.3. The minimum Gasteiger partial charge on any atom is -0.493 e. The summed E-state index contributed by atoms with van der Waals surface area (Å²) in [5.74, 6) is 0.420. The van der Waals surface area contributed by atoms with Crippen molar-refractivity contribution in [1.29, 1.82) is 0 Å². The van der Waals surface area contributed by atoms with Crippen LogP contribution in [0, 0.1) is 0 Å². The van der Waals surface area contributed by atoms with Crippen molar-refractivity contribution in [3.63, 3.8) is 0 Å². The van der Waals surface area contributed by atoms with Crippen molar-refractivity contribution in [1.82, 2.24) is 9.78 Å². The highest BCUT2D eigenvalue weighted by Crippen LogP contribution is 2.33. The van der Waals surface area contributed by atoms with Crippen molar-refractivity contribution in [3.8, 4) is 17.2 Å². The number of alkyl halides is 3. The number of hydrogen-bond donors (Lipinski definition) is 1. The number of nitrogens with one attached hydrogen (secondary N) is 1. The zero-order valence-electron chi connectivity index (χ0n) is 16.1. The van der Waals surface area contributed by atoms with E-state index in [0.717, 1.165) is 12.1 Å².